The molecule has 0 radical (unpaired) electrons. The second-order valence-electron chi connectivity index (χ2n) is 5.41. The summed E-state index contributed by atoms with van der Waals surface area (Å²) in [5.41, 5.74) is 1.36. The molecule has 3 unspecified atom stereocenters. The van der Waals surface area contributed by atoms with Crippen LogP contribution >= 0.6 is 0 Å². The Labute approximate surface area is 116 Å². The van der Waals surface area contributed by atoms with E-state index in [0.717, 1.165) is 26.1 Å². The lowest BCUT2D eigenvalue weighted by Gasteiger charge is -2.40. The minimum atomic E-state index is 0.344. The molecule has 0 spiro atoms. The molecule has 1 aliphatic rings. The average Bonchev–Trinajstić information content (AvgIpc) is 2.46. The Bertz CT molecular complexity index is 368. The molecule has 1 saturated heterocycles. The molecule has 2 rings (SSSR count). The normalized spacial score (nSPS) is 26.3. The molecular formula is C16H26N2O. The van der Waals surface area contributed by atoms with E-state index < -0.39 is 0 Å². The first-order chi connectivity index (χ1) is 9.24. The molecule has 1 heterocycles. The lowest BCUT2D eigenvalue weighted by molar-refractivity contribution is -0.0584. The van der Waals surface area contributed by atoms with Crippen LogP contribution in [0.5, 0.6) is 0 Å². The van der Waals surface area contributed by atoms with Crippen molar-refractivity contribution in [3.05, 3.63) is 35.9 Å². The van der Waals surface area contributed by atoms with Crippen molar-refractivity contribution in [1.29, 1.82) is 0 Å². The third kappa shape index (κ3) is 3.78. The van der Waals surface area contributed by atoms with Gasteiger partial charge in [-0.2, -0.15) is 0 Å². The van der Waals surface area contributed by atoms with Gasteiger partial charge in [-0.1, -0.05) is 37.3 Å². The first kappa shape index (κ1) is 14.5. The largest absolute Gasteiger partial charge is 0.376 e. The van der Waals surface area contributed by atoms with Gasteiger partial charge in [0.1, 0.15) is 0 Å². The topological polar surface area (TPSA) is 24.5 Å². The van der Waals surface area contributed by atoms with Gasteiger partial charge in [-0.25, -0.2) is 0 Å². The summed E-state index contributed by atoms with van der Waals surface area (Å²) in [7, 11) is 2.04. The van der Waals surface area contributed by atoms with E-state index in [0.29, 0.717) is 18.2 Å². The Morgan fingerprint density at radius 3 is 2.74 bits per heavy atom. The van der Waals surface area contributed by atoms with Gasteiger partial charge >= 0.3 is 0 Å². The summed E-state index contributed by atoms with van der Waals surface area (Å²) in [6.45, 7) is 7.35. The number of ether oxygens (including phenoxy) is 1. The molecule has 0 aromatic heterocycles. The van der Waals surface area contributed by atoms with Crippen molar-refractivity contribution in [3.8, 4) is 0 Å². The van der Waals surface area contributed by atoms with Gasteiger partial charge in [-0.3, -0.25) is 4.90 Å². The molecule has 0 bridgehead atoms. The van der Waals surface area contributed by atoms with E-state index in [9.17, 15) is 0 Å². The predicted octanol–water partition coefficient (Wildman–Crippen LogP) is 2.45. The summed E-state index contributed by atoms with van der Waals surface area (Å²) in [5, 5.41) is 3.44. The SMILES string of the molecule is CCC1COC(C)CN1CC(NC)c1ccccc1. The predicted molar refractivity (Wildman–Crippen MR) is 79.3 cm³/mol. The zero-order valence-electron chi connectivity index (χ0n) is 12.3. The first-order valence-electron chi connectivity index (χ1n) is 7.32. The second kappa shape index (κ2) is 7.04. The van der Waals surface area contributed by atoms with Crippen LogP contribution in [0, 0.1) is 0 Å². The van der Waals surface area contributed by atoms with E-state index in [2.05, 4.69) is 54.4 Å². The highest BCUT2D eigenvalue weighted by molar-refractivity contribution is 5.19. The van der Waals surface area contributed by atoms with E-state index >= 15 is 0 Å². The van der Waals surface area contributed by atoms with Gasteiger partial charge in [-0.05, 0) is 26.0 Å². The van der Waals surface area contributed by atoms with Crippen LogP contribution in [0.25, 0.3) is 0 Å². The number of hydrogen-bond acceptors (Lipinski definition) is 3. The molecule has 0 amide bonds. The van der Waals surface area contributed by atoms with Crippen LogP contribution in [0.1, 0.15) is 31.9 Å². The fraction of sp³-hybridized carbons (Fsp3) is 0.625. The van der Waals surface area contributed by atoms with Gasteiger partial charge < -0.3 is 10.1 Å². The van der Waals surface area contributed by atoms with Crippen LogP contribution in [-0.2, 0) is 4.74 Å². The van der Waals surface area contributed by atoms with Crippen LogP contribution < -0.4 is 5.32 Å². The maximum absolute atomic E-state index is 5.77. The van der Waals surface area contributed by atoms with Crippen molar-refractivity contribution in [2.24, 2.45) is 0 Å². The maximum Gasteiger partial charge on any atom is 0.0674 e. The van der Waals surface area contributed by atoms with Crippen molar-refractivity contribution in [1.82, 2.24) is 10.2 Å². The molecule has 1 aromatic carbocycles. The number of nitrogens with one attached hydrogen (secondary N) is 1. The Kier molecular flexibility index (Phi) is 5.37. The highest BCUT2D eigenvalue weighted by Gasteiger charge is 2.27. The molecular weight excluding hydrogens is 236 g/mol. The number of morpholine rings is 1. The molecule has 3 nitrogen and oxygen atoms in total. The second-order valence-corrected chi connectivity index (χ2v) is 5.41. The van der Waals surface area contributed by atoms with Gasteiger partial charge in [-0.15, -0.1) is 0 Å². The molecule has 3 heteroatoms. The Balaban J connectivity index is 2.04. The highest BCUT2D eigenvalue weighted by Crippen LogP contribution is 2.20. The third-order valence-corrected chi connectivity index (χ3v) is 4.02. The maximum atomic E-state index is 5.77. The molecule has 1 aromatic rings. The molecule has 1 fully saturated rings. The van der Waals surface area contributed by atoms with Crippen molar-refractivity contribution >= 4 is 0 Å². The number of nitrogens with zero attached hydrogens (tertiary/aromatic N) is 1. The van der Waals surface area contributed by atoms with E-state index in [1.54, 1.807) is 0 Å². The van der Waals surface area contributed by atoms with Crippen LogP contribution in [0.15, 0.2) is 30.3 Å². The summed E-state index contributed by atoms with van der Waals surface area (Å²) in [4.78, 5) is 2.57. The molecule has 19 heavy (non-hydrogen) atoms. The minimum absolute atomic E-state index is 0.344. The zero-order valence-corrected chi connectivity index (χ0v) is 12.3. The van der Waals surface area contributed by atoms with E-state index in [4.69, 9.17) is 4.74 Å². The first-order valence-corrected chi connectivity index (χ1v) is 7.32. The molecule has 106 valence electrons. The molecule has 0 aliphatic carbocycles. The van der Waals surface area contributed by atoms with Gasteiger partial charge in [0.05, 0.1) is 12.7 Å². The lowest BCUT2D eigenvalue weighted by Crippen LogP contribution is -2.50. The summed E-state index contributed by atoms with van der Waals surface area (Å²) < 4.78 is 5.77. The van der Waals surface area contributed by atoms with Gasteiger partial charge in [0, 0.05) is 25.2 Å². The standard InChI is InChI=1S/C16H26N2O/c1-4-15-12-19-13(2)10-18(15)11-16(17-3)14-8-6-5-7-9-14/h5-9,13,15-17H,4,10-12H2,1-3H3. The molecule has 3 atom stereocenters. The number of hydrogen-bond donors (Lipinski definition) is 1. The number of rotatable bonds is 5. The quantitative estimate of drug-likeness (QED) is 0.882. The summed E-state index contributed by atoms with van der Waals surface area (Å²) in [6.07, 6.45) is 1.49. The Morgan fingerprint density at radius 1 is 1.37 bits per heavy atom. The fourth-order valence-electron chi connectivity index (χ4n) is 2.80. The van der Waals surface area contributed by atoms with Crippen molar-refractivity contribution in [2.45, 2.75) is 38.5 Å². The van der Waals surface area contributed by atoms with Gasteiger partial charge in [0.2, 0.25) is 0 Å². The Hall–Kier alpha value is -0.900. The number of benzene rings is 1. The van der Waals surface area contributed by atoms with E-state index in [-0.39, 0.29) is 0 Å². The highest BCUT2D eigenvalue weighted by atomic mass is 16.5. The van der Waals surface area contributed by atoms with Crippen molar-refractivity contribution in [2.75, 3.05) is 26.7 Å². The van der Waals surface area contributed by atoms with Gasteiger partial charge in [0.15, 0.2) is 0 Å². The van der Waals surface area contributed by atoms with Crippen LogP contribution in [0.2, 0.25) is 0 Å². The third-order valence-electron chi connectivity index (χ3n) is 4.02. The molecule has 1 aliphatic heterocycles. The van der Waals surface area contributed by atoms with E-state index in [1.807, 2.05) is 7.05 Å². The number of likely N-dealkylation sites (N-methyl/N-ethyl adjacent to an activating group) is 1. The van der Waals surface area contributed by atoms with Crippen LogP contribution in [0.3, 0.4) is 0 Å². The van der Waals surface area contributed by atoms with Crippen LogP contribution in [-0.4, -0.2) is 43.8 Å². The monoisotopic (exact) mass is 262 g/mol. The van der Waals surface area contributed by atoms with Crippen LogP contribution in [0.4, 0.5) is 0 Å². The fourth-order valence-corrected chi connectivity index (χ4v) is 2.80. The van der Waals surface area contributed by atoms with Gasteiger partial charge in [0.25, 0.3) is 0 Å². The molecule has 1 N–H and O–H groups in total. The summed E-state index contributed by atoms with van der Waals surface area (Å²) in [5.74, 6) is 0. The summed E-state index contributed by atoms with van der Waals surface area (Å²) >= 11 is 0. The zero-order chi connectivity index (χ0) is 13.7. The average molecular weight is 262 g/mol. The lowest BCUT2D eigenvalue weighted by atomic mass is 10.0. The molecule has 0 saturated carbocycles. The minimum Gasteiger partial charge on any atom is -0.376 e. The smallest absolute Gasteiger partial charge is 0.0674 e. The van der Waals surface area contributed by atoms with Crippen molar-refractivity contribution in [3.63, 3.8) is 0 Å². The Morgan fingerprint density at radius 2 is 2.11 bits per heavy atom. The van der Waals surface area contributed by atoms with Crippen molar-refractivity contribution < 1.29 is 4.74 Å². The summed E-state index contributed by atoms with van der Waals surface area (Å²) in [6, 6.07) is 11.6. The van der Waals surface area contributed by atoms with E-state index in [1.165, 1.54) is 5.56 Å².